The monoisotopic (exact) mass is 651 g/mol. The van der Waals surface area contributed by atoms with E-state index in [0.717, 1.165) is 16.4 Å². The number of ether oxygens (including phenoxy) is 1. The van der Waals surface area contributed by atoms with Crippen molar-refractivity contribution in [2.45, 2.75) is 64.1 Å². The molecule has 0 spiro atoms. The Balaban J connectivity index is 2.06. The molecule has 232 valence electrons. The van der Waals surface area contributed by atoms with Crippen molar-refractivity contribution >= 4 is 50.7 Å². The predicted octanol–water partition coefficient (Wildman–Crippen LogP) is 6.45. The van der Waals surface area contributed by atoms with Gasteiger partial charge in [-0.3, -0.25) is 13.9 Å². The van der Waals surface area contributed by atoms with E-state index in [1.54, 1.807) is 25.1 Å². The van der Waals surface area contributed by atoms with E-state index in [-0.39, 0.29) is 40.5 Å². The number of amides is 2. The number of nitrogens with one attached hydrogen (secondary N) is 1. The number of sulfonamides is 1. The summed E-state index contributed by atoms with van der Waals surface area (Å²) in [6.45, 7) is 7.07. The normalized spacial score (nSPS) is 12.7. The third-order valence-corrected chi connectivity index (χ3v) is 9.37. The molecule has 0 bridgehead atoms. The molecule has 0 aromatic heterocycles. The van der Waals surface area contributed by atoms with Crippen LogP contribution < -0.4 is 14.4 Å². The molecule has 0 saturated carbocycles. The molecule has 0 saturated heterocycles. The first-order valence-corrected chi connectivity index (χ1v) is 16.2. The van der Waals surface area contributed by atoms with Crippen LogP contribution in [0.1, 0.15) is 46.1 Å². The molecule has 2 atom stereocenters. The molecule has 43 heavy (non-hydrogen) atoms. The number of anilines is 1. The molecule has 2 amide bonds. The summed E-state index contributed by atoms with van der Waals surface area (Å²) < 4.78 is 48.1. The van der Waals surface area contributed by atoms with Crippen LogP contribution in [0.2, 0.25) is 10.0 Å². The van der Waals surface area contributed by atoms with E-state index in [4.69, 9.17) is 27.9 Å². The van der Waals surface area contributed by atoms with Gasteiger partial charge in [0, 0.05) is 12.6 Å². The third kappa shape index (κ3) is 8.84. The highest BCUT2D eigenvalue weighted by atomic mass is 35.5. The molecule has 0 aliphatic carbocycles. The lowest BCUT2D eigenvalue weighted by molar-refractivity contribution is -0.140. The van der Waals surface area contributed by atoms with Crippen molar-refractivity contribution in [3.63, 3.8) is 0 Å². The van der Waals surface area contributed by atoms with Crippen molar-refractivity contribution in [3.05, 3.63) is 88.2 Å². The van der Waals surface area contributed by atoms with E-state index in [2.05, 4.69) is 5.32 Å². The van der Waals surface area contributed by atoms with E-state index < -0.39 is 34.3 Å². The first kappa shape index (κ1) is 34.2. The van der Waals surface area contributed by atoms with Crippen molar-refractivity contribution in [2.75, 3.05) is 17.5 Å². The summed E-state index contributed by atoms with van der Waals surface area (Å²) in [7, 11) is -4.32. The lowest BCUT2D eigenvalue weighted by Gasteiger charge is -2.33. The van der Waals surface area contributed by atoms with Gasteiger partial charge in [-0.15, -0.1) is 0 Å². The van der Waals surface area contributed by atoms with Gasteiger partial charge in [0.05, 0.1) is 27.2 Å². The number of rotatable bonds is 14. The van der Waals surface area contributed by atoms with Crippen molar-refractivity contribution in [1.82, 2.24) is 10.2 Å². The van der Waals surface area contributed by atoms with Crippen molar-refractivity contribution < 1.29 is 27.1 Å². The second-order valence-electron chi connectivity index (χ2n) is 9.90. The number of carbonyl (C=O) groups excluding carboxylic acids is 2. The highest BCUT2D eigenvalue weighted by Gasteiger charge is 2.34. The third-order valence-electron chi connectivity index (χ3n) is 6.84. The highest BCUT2D eigenvalue weighted by Crippen LogP contribution is 2.28. The molecule has 0 radical (unpaired) electrons. The summed E-state index contributed by atoms with van der Waals surface area (Å²) in [5.74, 6) is -1.09. The summed E-state index contributed by atoms with van der Waals surface area (Å²) in [5, 5.41) is 3.52. The van der Waals surface area contributed by atoms with E-state index >= 15 is 0 Å². The Bertz CT molecular complexity index is 1500. The van der Waals surface area contributed by atoms with Crippen molar-refractivity contribution in [3.8, 4) is 5.75 Å². The second kappa shape index (κ2) is 15.4. The lowest BCUT2D eigenvalue weighted by atomic mass is 10.1. The summed E-state index contributed by atoms with van der Waals surface area (Å²) in [6.07, 6.45) is 0.944. The van der Waals surface area contributed by atoms with Crippen molar-refractivity contribution in [1.29, 1.82) is 0 Å². The van der Waals surface area contributed by atoms with Gasteiger partial charge in [0.25, 0.3) is 10.0 Å². The zero-order chi connectivity index (χ0) is 31.7. The van der Waals surface area contributed by atoms with Crippen LogP contribution in [0.15, 0.2) is 71.6 Å². The van der Waals surface area contributed by atoms with Gasteiger partial charge in [-0.1, -0.05) is 43.1 Å². The summed E-state index contributed by atoms with van der Waals surface area (Å²) >= 11 is 12.3. The smallest absolute Gasteiger partial charge is 0.264 e. The molecule has 0 fully saturated rings. The fourth-order valence-electron chi connectivity index (χ4n) is 4.33. The molecule has 8 nitrogen and oxygen atoms in total. The average molecular weight is 653 g/mol. The number of halogens is 3. The Morgan fingerprint density at radius 3 is 2.14 bits per heavy atom. The van der Waals surface area contributed by atoms with Crippen LogP contribution in [0.3, 0.4) is 0 Å². The molecule has 0 aliphatic heterocycles. The van der Waals surface area contributed by atoms with E-state index in [1.165, 1.54) is 41.3 Å². The van der Waals surface area contributed by atoms with Gasteiger partial charge < -0.3 is 15.0 Å². The second-order valence-corrected chi connectivity index (χ2v) is 12.6. The summed E-state index contributed by atoms with van der Waals surface area (Å²) in [5.41, 5.74) is 0.676. The standard InChI is InChI=1S/C31H36Cl2FN3O5S/c1-5-21(4)35-31(39)29(6-2)36(19-22-8-17-27(32)28(33)18-22)30(38)20-37(24-11-9-23(34)10-12-24)43(40,41)26-15-13-25(14-16-26)42-7-3/h8-18,21,29H,5-7,19-20H2,1-4H3,(H,35,39)/t21-,29+/m1/s1. The maximum atomic E-state index is 14.1. The molecule has 3 aromatic rings. The number of nitrogens with zero attached hydrogens (tertiary/aromatic N) is 2. The fraction of sp³-hybridized carbons (Fsp3) is 0.355. The minimum absolute atomic E-state index is 0.0392. The van der Waals surface area contributed by atoms with Crippen LogP contribution >= 0.6 is 23.2 Å². The first-order valence-electron chi connectivity index (χ1n) is 14.0. The number of hydrogen-bond acceptors (Lipinski definition) is 5. The van der Waals surface area contributed by atoms with Gasteiger partial charge >= 0.3 is 0 Å². The maximum absolute atomic E-state index is 14.1. The van der Waals surface area contributed by atoms with Crippen LogP contribution in [-0.2, 0) is 26.2 Å². The molecule has 3 rings (SSSR count). The van der Waals surface area contributed by atoms with Crippen LogP contribution in [0.5, 0.6) is 5.75 Å². The van der Waals surface area contributed by atoms with E-state index in [9.17, 15) is 22.4 Å². The molecule has 0 aliphatic rings. The quantitative estimate of drug-likeness (QED) is 0.216. The molecule has 0 heterocycles. The zero-order valence-electron chi connectivity index (χ0n) is 24.5. The van der Waals surface area contributed by atoms with Crippen LogP contribution in [0.4, 0.5) is 10.1 Å². The van der Waals surface area contributed by atoms with Crippen LogP contribution in [-0.4, -0.2) is 50.4 Å². The Kier molecular flexibility index (Phi) is 12.2. The highest BCUT2D eigenvalue weighted by molar-refractivity contribution is 7.92. The topological polar surface area (TPSA) is 96.0 Å². The predicted molar refractivity (Wildman–Crippen MR) is 168 cm³/mol. The Labute approximate surface area is 262 Å². The Morgan fingerprint density at radius 2 is 1.58 bits per heavy atom. The molecule has 12 heteroatoms. The van der Waals surface area contributed by atoms with Crippen LogP contribution in [0.25, 0.3) is 0 Å². The van der Waals surface area contributed by atoms with Gasteiger partial charge in [0.15, 0.2) is 0 Å². The van der Waals surface area contributed by atoms with Crippen LogP contribution in [0, 0.1) is 5.82 Å². The van der Waals surface area contributed by atoms with Gasteiger partial charge in [-0.05, 0) is 92.9 Å². The van der Waals surface area contributed by atoms with Gasteiger partial charge in [-0.2, -0.15) is 0 Å². The molecule has 3 aromatic carbocycles. The fourth-order valence-corrected chi connectivity index (χ4v) is 6.07. The Morgan fingerprint density at radius 1 is 0.930 bits per heavy atom. The SMILES string of the molecule is CCOc1ccc(S(=O)(=O)N(CC(=O)N(Cc2ccc(Cl)c(Cl)c2)[C@@H](CC)C(=O)N[C@H](C)CC)c2ccc(F)cc2)cc1. The largest absolute Gasteiger partial charge is 0.494 e. The number of carbonyl (C=O) groups is 2. The summed E-state index contributed by atoms with van der Waals surface area (Å²) in [4.78, 5) is 28.7. The molecule has 0 unspecified atom stereocenters. The van der Waals surface area contributed by atoms with Gasteiger partial charge in [0.2, 0.25) is 11.8 Å². The summed E-state index contributed by atoms with van der Waals surface area (Å²) in [6, 6.07) is 14.4. The van der Waals surface area contributed by atoms with Gasteiger partial charge in [0.1, 0.15) is 24.2 Å². The maximum Gasteiger partial charge on any atom is 0.264 e. The molecular formula is C31H36Cl2FN3O5S. The zero-order valence-corrected chi connectivity index (χ0v) is 26.8. The minimum Gasteiger partial charge on any atom is -0.494 e. The average Bonchev–Trinajstić information content (AvgIpc) is 2.98. The van der Waals surface area contributed by atoms with E-state index in [0.29, 0.717) is 29.4 Å². The lowest BCUT2D eigenvalue weighted by Crippen LogP contribution is -2.53. The van der Waals surface area contributed by atoms with E-state index in [1.807, 2.05) is 20.8 Å². The number of hydrogen-bond donors (Lipinski definition) is 1. The number of benzene rings is 3. The molecule has 1 N–H and O–H groups in total. The first-order chi connectivity index (χ1) is 20.4. The van der Waals surface area contributed by atoms with Gasteiger partial charge in [-0.25, -0.2) is 12.8 Å². The molecular weight excluding hydrogens is 616 g/mol. The van der Waals surface area contributed by atoms with Crippen molar-refractivity contribution in [2.24, 2.45) is 0 Å². The minimum atomic E-state index is -4.32. The Hall–Kier alpha value is -3.34.